The molecule has 0 amide bonds. The van der Waals surface area contributed by atoms with E-state index in [0.717, 1.165) is 5.69 Å². The molecule has 0 saturated carbocycles. The Labute approximate surface area is 97.7 Å². The third-order valence-corrected chi connectivity index (χ3v) is 2.04. The molecule has 0 aliphatic heterocycles. The van der Waals surface area contributed by atoms with E-state index in [4.69, 9.17) is 9.84 Å². The number of hydrogen-bond acceptors (Lipinski definition) is 4. The molecule has 0 spiro atoms. The summed E-state index contributed by atoms with van der Waals surface area (Å²) in [6, 6.07) is 6.21. The molecular weight excluding hydrogens is 220 g/mol. The van der Waals surface area contributed by atoms with Gasteiger partial charge >= 0.3 is 5.97 Å². The van der Waals surface area contributed by atoms with Gasteiger partial charge in [-0.1, -0.05) is 6.07 Å². The second kappa shape index (κ2) is 4.61. The second-order valence-electron chi connectivity index (χ2n) is 3.43. The molecule has 1 aromatic heterocycles. The largest absolute Gasteiger partial charge is 0.478 e. The minimum absolute atomic E-state index is 0.170. The monoisotopic (exact) mass is 230 g/mol. The quantitative estimate of drug-likeness (QED) is 0.875. The van der Waals surface area contributed by atoms with Gasteiger partial charge in [-0.15, -0.1) is 0 Å². The number of carbonyl (C=O) groups is 1. The van der Waals surface area contributed by atoms with Crippen LogP contribution in [-0.2, 0) is 0 Å². The van der Waals surface area contributed by atoms with Crippen LogP contribution in [0, 0.1) is 6.92 Å². The molecule has 2 aromatic rings. The van der Waals surface area contributed by atoms with Gasteiger partial charge in [-0.3, -0.25) is 4.98 Å². The third kappa shape index (κ3) is 2.78. The first-order valence-electron chi connectivity index (χ1n) is 4.95. The van der Waals surface area contributed by atoms with Crippen LogP contribution in [0.2, 0.25) is 0 Å². The number of hydrogen-bond donors (Lipinski definition) is 1. The van der Waals surface area contributed by atoms with Gasteiger partial charge in [-0.05, 0) is 25.1 Å². The Hall–Kier alpha value is -2.43. The summed E-state index contributed by atoms with van der Waals surface area (Å²) < 4.78 is 5.41. The lowest BCUT2D eigenvalue weighted by Gasteiger charge is -2.05. The van der Waals surface area contributed by atoms with Crippen LogP contribution < -0.4 is 4.74 Å². The Morgan fingerprint density at radius 2 is 2.18 bits per heavy atom. The van der Waals surface area contributed by atoms with Crippen LogP contribution in [0.15, 0.2) is 36.7 Å². The summed E-state index contributed by atoms with van der Waals surface area (Å²) in [4.78, 5) is 18.8. The second-order valence-corrected chi connectivity index (χ2v) is 3.43. The van der Waals surface area contributed by atoms with Crippen LogP contribution >= 0.6 is 0 Å². The van der Waals surface area contributed by atoms with E-state index in [0.29, 0.717) is 11.6 Å². The van der Waals surface area contributed by atoms with E-state index in [1.807, 2.05) is 0 Å². The fourth-order valence-electron chi connectivity index (χ4n) is 1.30. The fraction of sp³-hybridized carbons (Fsp3) is 0.0833. The van der Waals surface area contributed by atoms with Gasteiger partial charge in [-0.2, -0.15) is 0 Å². The lowest BCUT2D eigenvalue weighted by atomic mass is 10.2. The van der Waals surface area contributed by atoms with Crippen LogP contribution in [0.5, 0.6) is 11.6 Å². The molecule has 17 heavy (non-hydrogen) atoms. The lowest BCUT2D eigenvalue weighted by Crippen LogP contribution is -1.97. The van der Waals surface area contributed by atoms with Gasteiger partial charge in [0.15, 0.2) is 0 Å². The van der Waals surface area contributed by atoms with Gasteiger partial charge in [0.2, 0.25) is 5.88 Å². The lowest BCUT2D eigenvalue weighted by molar-refractivity contribution is 0.0696. The Morgan fingerprint density at radius 1 is 1.35 bits per heavy atom. The Balaban J connectivity index is 2.24. The van der Waals surface area contributed by atoms with Crippen molar-refractivity contribution < 1.29 is 14.6 Å². The predicted octanol–water partition coefficient (Wildman–Crippen LogP) is 2.28. The molecule has 86 valence electrons. The summed E-state index contributed by atoms with van der Waals surface area (Å²) in [7, 11) is 0. The maximum Gasteiger partial charge on any atom is 0.335 e. The minimum Gasteiger partial charge on any atom is -0.478 e. The molecule has 1 heterocycles. The van der Waals surface area contributed by atoms with Crippen molar-refractivity contribution in [2.45, 2.75) is 6.92 Å². The molecule has 0 unspecified atom stereocenters. The summed E-state index contributed by atoms with van der Waals surface area (Å²) in [5, 5.41) is 8.84. The Kier molecular flexibility index (Phi) is 3.00. The van der Waals surface area contributed by atoms with Crippen molar-refractivity contribution in [2.24, 2.45) is 0 Å². The standard InChI is InChI=1S/C12H10N2O3/c1-8-6-13-7-11(14-8)17-10-4-2-3-9(5-10)12(15)16/h2-7H,1H3,(H,15,16). The molecule has 1 N–H and O–H groups in total. The zero-order chi connectivity index (χ0) is 12.3. The van der Waals surface area contributed by atoms with Gasteiger partial charge < -0.3 is 9.84 Å². The number of benzene rings is 1. The number of aryl methyl sites for hydroxylation is 1. The minimum atomic E-state index is -0.995. The van der Waals surface area contributed by atoms with Crippen LogP contribution in [0.25, 0.3) is 0 Å². The van der Waals surface area contributed by atoms with Crippen molar-refractivity contribution in [3.05, 3.63) is 47.9 Å². The van der Waals surface area contributed by atoms with Crippen molar-refractivity contribution in [3.8, 4) is 11.6 Å². The molecular formula is C12H10N2O3. The van der Waals surface area contributed by atoms with E-state index < -0.39 is 5.97 Å². The first-order chi connectivity index (χ1) is 8.15. The molecule has 0 bridgehead atoms. The molecule has 5 heteroatoms. The first kappa shape index (κ1) is 11.1. The van der Waals surface area contributed by atoms with Crippen molar-refractivity contribution in [2.75, 3.05) is 0 Å². The average molecular weight is 230 g/mol. The fourth-order valence-corrected chi connectivity index (χ4v) is 1.30. The Morgan fingerprint density at radius 3 is 2.88 bits per heavy atom. The summed E-state index contributed by atoms with van der Waals surface area (Å²) in [6.07, 6.45) is 3.08. The highest BCUT2D eigenvalue weighted by Crippen LogP contribution is 2.19. The third-order valence-electron chi connectivity index (χ3n) is 2.04. The SMILES string of the molecule is Cc1cncc(Oc2cccc(C(=O)O)c2)n1. The highest BCUT2D eigenvalue weighted by Gasteiger charge is 2.05. The van der Waals surface area contributed by atoms with Gasteiger partial charge in [0.05, 0.1) is 17.5 Å². The molecule has 0 saturated heterocycles. The molecule has 0 radical (unpaired) electrons. The first-order valence-corrected chi connectivity index (χ1v) is 4.95. The van der Waals surface area contributed by atoms with Crippen LogP contribution in [0.1, 0.15) is 16.1 Å². The molecule has 0 atom stereocenters. The van der Waals surface area contributed by atoms with Crippen LogP contribution in [0.3, 0.4) is 0 Å². The molecule has 0 fully saturated rings. The van der Waals surface area contributed by atoms with Crippen molar-refractivity contribution >= 4 is 5.97 Å². The number of carboxylic acids is 1. The van der Waals surface area contributed by atoms with Gasteiger partial charge in [-0.25, -0.2) is 9.78 Å². The van der Waals surface area contributed by atoms with E-state index >= 15 is 0 Å². The summed E-state index contributed by atoms with van der Waals surface area (Å²) in [6.45, 7) is 1.80. The predicted molar refractivity (Wildman–Crippen MR) is 60.2 cm³/mol. The molecule has 0 aliphatic rings. The van der Waals surface area contributed by atoms with Gasteiger partial charge in [0.25, 0.3) is 0 Å². The highest BCUT2D eigenvalue weighted by molar-refractivity contribution is 5.88. The van der Waals surface area contributed by atoms with E-state index in [9.17, 15) is 4.79 Å². The van der Waals surface area contributed by atoms with Crippen molar-refractivity contribution in [1.29, 1.82) is 0 Å². The maximum absolute atomic E-state index is 10.8. The van der Waals surface area contributed by atoms with Gasteiger partial charge in [0.1, 0.15) is 5.75 Å². The molecule has 1 aromatic carbocycles. The van der Waals surface area contributed by atoms with Crippen molar-refractivity contribution in [1.82, 2.24) is 9.97 Å². The topological polar surface area (TPSA) is 72.3 Å². The van der Waals surface area contributed by atoms with Gasteiger partial charge in [0, 0.05) is 6.20 Å². The summed E-state index contributed by atoms with van der Waals surface area (Å²) >= 11 is 0. The number of nitrogens with zero attached hydrogens (tertiary/aromatic N) is 2. The summed E-state index contributed by atoms with van der Waals surface area (Å²) in [5.41, 5.74) is 0.903. The zero-order valence-electron chi connectivity index (χ0n) is 9.12. The number of rotatable bonds is 3. The van der Waals surface area contributed by atoms with E-state index in [1.54, 1.807) is 25.3 Å². The highest BCUT2D eigenvalue weighted by atomic mass is 16.5. The van der Waals surface area contributed by atoms with Crippen molar-refractivity contribution in [3.63, 3.8) is 0 Å². The Bertz CT molecular complexity index is 555. The summed E-state index contributed by atoms with van der Waals surface area (Å²) in [5.74, 6) is -0.233. The number of carboxylic acid groups (broad SMARTS) is 1. The zero-order valence-corrected chi connectivity index (χ0v) is 9.12. The number of aromatic carboxylic acids is 1. The van der Waals surface area contributed by atoms with E-state index in [2.05, 4.69) is 9.97 Å². The maximum atomic E-state index is 10.8. The number of aromatic nitrogens is 2. The molecule has 5 nitrogen and oxygen atoms in total. The smallest absolute Gasteiger partial charge is 0.335 e. The van der Waals surface area contributed by atoms with E-state index in [-0.39, 0.29) is 5.56 Å². The normalized spacial score (nSPS) is 9.94. The number of ether oxygens (including phenoxy) is 1. The van der Waals surface area contributed by atoms with Crippen LogP contribution in [0.4, 0.5) is 0 Å². The molecule has 2 rings (SSSR count). The van der Waals surface area contributed by atoms with E-state index in [1.165, 1.54) is 18.3 Å². The average Bonchev–Trinajstić information content (AvgIpc) is 2.29. The van der Waals surface area contributed by atoms with Crippen LogP contribution in [-0.4, -0.2) is 21.0 Å². The molecule has 0 aliphatic carbocycles.